The number of β-amino-alcohol motifs (C(OH)–C–C–N with tert-alkyl or cyclic N) is 1. The molecule has 0 saturated carbocycles. The van der Waals surface area contributed by atoms with Crippen LogP contribution in [0.1, 0.15) is 29.8 Å². The third kappa shape index (κ3) is 6.81. The molecule has 0 radical (unpaired) electrons. The number of benzene rings is 2. The Balaban J connectivity index is 1.59. The van der Waals surface area contributed by atoms with Gasteiger partial charge in [-0.2, -0.15) is 13.9 Å². The number of carbonyl (C=O) groups is 1. The van der Waals surface area contributed by atoms with Crippen LogP contribution in [0.3, 0.4) is 0 Å². The van der Waals surface area contributed by atoms with Gasteiger partial charge >= 0.3 is 0 Å². The number of nitrogens with zero attached hydrogens (tertiary/aromatic N) is 3. The molecule has 1 atom stereocenters. The lowest BCUT2D eigenvalue weighted by molar-refractivity contribution is -0.117. The van der Waals surface area contributed by atoms with E-state index in [0.29, 0.717) is 32.6 Å². The summed E-state index contributed by atoms with van der Waals surface area (Å²) in [5, 5.41) is 22.0. The van der Waals surface area contributed by atoms with Crippen LogP contribution in [0.2, 0.25) is 0 Å². The van der Waals surface area contributed by atoms with Crippen LogP contribution in [0.15, 0.2) is 60.5 Å². The van der Waals surface area contributed by atoms with E-state index in [0.717, 1.165) is 18.2 Å². The average Bonchev–Trinajstić information content (AvgIpc) is 3.75. The Labute approximate surface area is 283 Å². The highest BCUT2D eigenvalue weighted by Crippen LogP contribution is 2.48. The monoisotopic (exact) mass is 695 g/mol. The summed E-state index contributed by atoms with van der Waals surface area (Å²) in [6.07, 6.45) is 1.14. The molecular weight excluding hydrogens is 662 g/mol. The van der Waals surface area contributed by atoms with Gasteiger partial charge in [-0.3, -0.25) is 14.8 Å². The minimum Gasteiger partial charge on any atom is -0.490 e. The number of aromatic amines is 1. The maximum Gasteiger partial charge on any atom is 0.285 e. The van der Waals surface area contributed by atoms with Crippen LogP contribution >= 0.6 is 11.3 Å². The Morgan fingerprint density at radius 2 is 2.00 bits per heavy atom. The largest absolute Gasteiger partial charge is 0.490 e. The van der Waals surface area contributed by atoms with Crippen molar-refractivity contribution in [1.82, 2.24) is 25.4 Å². The quantitative estimate of drug-likeness (QED) is 0.0768. The molecule has 2 aromatic carbocycles. The minimum absolute atomic E-state index is 0.0148. The van der Waals surface area contributed by atoms with Gasteiger partial charge in [-0.1, -0.05) is 18.7 Å². The number of nitrogens with one attached hydrogen (secondary N) is 2. The van der Waals surface area contributed by atoms with E-state index < -0.39 is 36.1 Å². The van der Waals surface area contributed by atoms with E-state index in [1.54, 1.807) is 36.6 Å². The van der Waals surface area contributed by atoms with Gasteiger partial charge in [0.25, 0.3) is 5.92 Å². The van der Waals surface area contributed by atoms with Crippen LogP contribution in [0.25, 0.3) is 43.9 Å². The minimum atomic E-state index is -3.12. The fourth-order valence-corrected chi connectivity index (χ4v) is 6.97. The van der Waals surface area contributed by atoms with Crippen LogP contribution < -0.4 is 10.1 Å². The summed E-state index contributed by atoms with van der Waals surface area (Å²) < 4.78 is 72.4. The molecule has 1 aliphatic heterocycles. The lowest BCUT2D eigenvalue weighted by Gasteiger charge is -2.34. The van der Waals surface area contributed by atoms with Crippen molar-refractivity contribution in [3.63, 3.8) is 0 Å². The molecular formula is C35H33F4N5O4S. The van der Waals surface area contributed by atoms with Gasteiger partial charge in [-0.15, -0.1) is 11.3 Å². The van der Waals surface area contributed by atoms with Gasteiger partial charge in [0, 0.05) is 59.1 Å². The fourth-order valence-electron chi connectivity index (χ4n) is 6.02. The number of carbonyl (C=O) groups excluding carboxylic acids is 1. The van der Waals surface area contributed by atoms with Crippen molar-refractivity contribution in [2.75, 3.05) is 40.0 Å². The number of aliphatic hydroxyl groups is 1. The number of halogens is 4. The number of thiophene rings is 1. The highest BCUT2D eigenvalue weighted by atomic mass is 32.1. The normalized spacial score (nSPS) is 14.8. The molecule has 0 bridgehead atoms. The average molecular weight is 696 g/mol. The Kier molecular flexibility index (Phi) is 9.84. The van der Waals surface area contributed by atoms with E-state index in [1.807, 2.05) is 0 Å². The number of aliphatic hydroxyl groups excluding tert-OH is 1. The third-order valence-electron chi connectivity index (χ3n) is 8.28. The van der Waals surface area contributed by atoms with Crippen molar-refractivity contribution in [3.05, 3.63) is 89.0 Å². The number of methoxy groups -OCH3 is 1. The van der Waals surface area contributed by atoms with Gasteiger partial charge in [-0.05, 0) is 42.1 Å². The predicted molar refractivity (Wildman–Crippen MR) is 178 cm³/mol. The number of pyridine rings is 1. The summed E-state index contributed by atoms with van der Waals surface area (Å²) in [5.41, 5.74) is 2.53. The van der Waals surface area contributed by atoms with Crippen LogP contribution in [0.4, 0.5) is 17.6 Å². The van der Waals surface area contributed by atoms with Crippen LogP contribution in [-0.4, -0.2) is 71.1 Å². The zero-order valence-corrected chi connectivity index (χ0v) is 27.5. The Morgan fingerprint density at radius 3 is 2.76 bits per heavy atom. The second kappa shape index (κ2) is 14.1. The summed E-state index contributed by atoms with van der Waals surface area (Å²) >= 11 is 1.29. The zero-order valence-electron chi connectivity index (χ0n) is 26.7. The molecule has 5 aromatic rings. The summed E-state index contributed by atoms with van der Waals surface area (Å²) in [6.45, 7) is 4.94. The third-order valence-corrected chi connectivity index (χ3v) is 9.21. The Hall–Kier alpha value is -4.63. The van der Waals surface area contributed by atoms with Crippen LogP contribution in [0, 0.1) is 11.6 Å². The second-order valence-electron chi connectivity index (χ2n) is 11.6. The van der Waals surface area contributed by atoms with Crippen molar-refractivity contribution < 1.29 is 36.9 Å². The first-order valence-electron chi connectivity index (χ1n) is 15.4. The van der Waals surface area contributed by atoms with E-state index in [1.165, 1.54) is 29.4 Å². The zero-order chi connectivity index (χ0) is 34.9. The molecule has 1 amide bonds. The molecule has 0 spiro atoms. The molecule has 9 nitrogen and oxygen atoms in total. The first-order valence-corrected chi connectivity index (χ1v) is 16.3. The Bertz CT molecular complexity index is 2030. The molecule has 6 rings (SSSR count). The lowest BCUT2D eigenvalue weighted by atomic mass is 9.92. The number of alkyl halides is 2. The number of rotatable bonds is 12. The number of hydrogen-bond donors (Lipinski definition) is 3. The van der Waals surface area contributed by atoms with Crippen molar-refractivity contribution in [2.24, 2.45) is 0 Å². The number of fused-ring (bicyclic) bond motifs is 2. The maximum absolute atomic E-state index is 16.0. The smallest absolute Gasteiger partial charge is 0.285 e. The summed E-state index contributed by atoms with van der Waals surface area (Å²) in [7, 11) is 1.48. The molecule has 0 saturated heterocycles. The molecule has 4 heterocycles. The molecule has 14 heteroatoms. The van der Waals surface area contributed by atoms with Gasteiger partial charge in [0.1, 0.15) is 35.4 Å². The van der Waals surface area contributed by atoms with Crippen molar-refractivity contribution in [3.8, 4) is 39.5 Å². The lowest BCUT2D eigenvalue weighted by Crippen LogP contribution is -2.41. The first kappa shape index (κ1) is 34.2. The number of amides is 1. The van der Waals surface area contributed by atoms with Gasteiger partial charge in [0.05, 0.1) is 42.8 Å². The molecule has 49 heavy (non-hydrogen) atoms. The summed E-state index contributed by atoms with van der Waals surface area (Å²) in [5.74, 6) is -5.31. The van der Waals surface area contributed by atoms with Crippen LogP contribution in [0.5, 0.6) is 5.75 Å². The maximum atomic E-state index is 16.0. The highest BCUT2D eigenvalue weighted by Gasteiger charge is 2.40. The summed E-state index contributed by atoms with van der Waals surface area (Å²) in [6, 6.07) is 9.45. The van der Waals surface area contributed by atoms with E-state index >= 15 is 13.2 Å². The highest BCUT2D eigenvalue weighted by molar-refractivity contribution is 7.18. The van der Waals surface area contributed by atoms with Crippen LogP contribution in [-0.2, 0) is 22.0 Å². The van der Waals surface area contributed by atoms with E-state index in [4.69, 9.17) is 14.5 Å². The fraction of sp³-hybridized carbons (Fsp3) is 0.286. The molecule has 0 unspecified atom stereocenters. The van der Waals surface area contributed by atoms with E-state index in [2.05, 4.69) is 22.1 Å². The standard InChI is InChI=1S/C35H33F4N5O4S/c1-4-29(46)40-19(2)26-16-27(43-42-26)33-31(30-25(37)14-22(36)15-28(30)48-11-10-47-3)34-23(7-12-49-34)32(41-33)20-5-6-24-21(13-20)17-44(8-9-45)18-35(24,38)39/h4-7,12-16,19,45H,1,8-11,17-18H2,2-3H3,(H,40,46)(H,42,43)/t19-/m1/s1. The second-order valence-corrected chi connectivity index (χ2v) is 12.5. The predicted octanol–water partition coefficient (Wildman–Crippen LogP) is 6.59. The SMILES string of the molecule is C=CC(=O)N[C@H](C)c1cc(-c2nc(-c3ccc4c(c3)CN(CCO)CC4(F)F)c3ccsc3c2-c2c(F)cc(F)cc2OCCOC)n[nH]1. The topological polar surface area (TPSA) is 113 Å². The van der Waals surface area contributed by atoms with Gasteiger partial charge in [-0.25, -0.2) is 13.8 Å². The number of ether oxygens (including phenoxy) is 2. The van der Waals surface area contributed by atoms with Crippen molar-refractivity contribution in [1.29, 1.82) is 0 Å². The molecule has 3 N–H and O–H groups in total. The van der Waals surface area contributed by atoms with Gasteiger partial charge < -0.3 is 19.9 Å². The molecule has 256 valence electrons. The molecule has 0 fully saturated rings. The van der Waals surface area contributed by atoms with Gasteiger partial charge in [0.2, 0.25) is 5.91 Å². The van der Waals surface area contributed by atoms with Crippen molar-refractivity contribution >= 4 is 27.3 Å². The first-order chi connectivity index (χ1) is 23.5. The molecule has 0 aliphatic carbocycles. The number of aromatic nitrogens is 3. The van der Waals surface area contributed by atoms with E-state index in [-0.39, 0.29) is 66.7 Å². The number of H-pyrrole nitrogens is 1. The molecule has 1 aliphatic rings. The summed E-state index contributed by atoms with van der Waals surface area (Å²) in [4.78, 5) is 18.5. The van der Waals surface area contributed by atoms with Crippen molar-refractivity contribution in [2.45, 2.75) is 25.4 Å². The van der Waals surface area contributed by atoms with Gasteiger partial charge in [0.15, 0.2) is 0 Å². The number of hydrogen-bond acceptors (Lipinski definition) is 8. The Morgan fingerprint density at radius 1 is 1.18 bits per heavy atom. The van der Waals surface area contributed by atoms with E-state index in [9.17, 15) is 14.3 Å². The molecule has 3 aromatic heterocycles.